The molecule has 0 spiro atoms. The molecule has 1 fully saturated rings. The normalized spacial score (nSPS) is 20.7. The number of nitrogens with two attached hydrogens (primary N) is 1. The van der Waals surface area contributed by atoms with Crippen molar-refractivity contribution >= 4 is 5.69 Å². The van der Waals surface area contributed by atoms with E-state index in [1.807, 2.05) is 25.1 Å². The highest BCUT2D eigenvalue weighted by Gasteiger charge is 2.14. The van der Waals surface area contributed by atoms with Gasteiger partial charge in [0.05, 0.1) is 11.8 Å². The van der Waals surface area contributed by atoms with Crippen LogP contribution in [0.15, 0.2) is 18.2 Å². The van der Waals surface area contributed by atoms with Crippen LogP contribution in [-0.4, -0.2) is 19.3 Å². The van der Waals surface area contributed by atoms with E-state index in [0.29, 0.717) is 12.3 Å². The molecule has 0 radical (unpaired) electrons. The van der Waals surface area contributed by atoms with Crippen molar-refractivity contribution in [2.24, 2.45) is 0 Å². The maximum atomic E-state index is 5.87. The maximum Gasteiger partial charge on any atom is 0.142 e. The van der Waals surface area contributed by atoms with Crippen LogP contribution in [0.4, 0.5) is 5.69 Å². The van der Waals surface area contributed by atoms with Crippen LogP contribution in [0, 0.1) is 6.92 Å². The molecule has 0 aliphatic carbocycles. The largest absolute Gasteiger partial charge is 0.489 e. The molecule has 0 amide bonds. The summed E-state index contributed by atoms with van der Waals surface area (Å²) in [5.74, 6) is 0.764. The molecule has 3 nitrogen and oxygen atoms in total. The van der Waals surface area contributed by atoms with Crippen molar-refractivity contribution < 1.29 is 9.47 Å². The van der Waals surface area contributed by atoms with Gasteiger partial charge < -0.3 is 15.2 Å². The third-order valence-electron chi connectivity index (χ3n) is 2.86. The molecule has 0 aromatic heterocycles. The van der Waals surface area contributed by atoms with E-state index >= 15 is 0 Å². The summed E-state index contributed by atoms with van der Waals surface area (Å²) in [5, 5.41) is 0. The van der Waals surface area contributed by atoms with Crippen LogP contribution in [0.2, 0.25) is 0 Å². The summed E-state index contributed by atoms with van der Waals surface area (Å²) in [5.41, 5.74) is 7.73. The number of aryl methyl sites for hydroxylation is 1. The zero-order valence-electron chi connectivity index (χ0n) is 9.74. The van der Waals surface area contributed by atoms with Gasteiger partial charge >= 0.3 is 0 Å². The molecule has 0 bridgehead atoms. The molecule has 88 valence electrons. The van der Waals surface area contributed by atoms with Gasteiger partial charge in [0, 0.05) is 6.61 Å². The minimum atomic E-state index is 0.231. The Labute approximate surface area is 96.5 Å². The molecular weight excluding hydrogens is 202 g/mol. The van der Waals surface area contributed by atoms with E-state index in [9.17, 15) is 0 Å². The Kier molecular flexibility index (Phi) is 3.67. The van der Waals surface area contributed by atoms with Gasteiger partial charge in [-0.1, -0.05) is 6.07 Å². The van der Waals surface area contributed by atoms with Crippen molar-refractivity contribution in [2.75, 3.05) is 18.9 Å². The summed E-state index contributed by atoms with van der Waals surface area (Å²) in [4.78, 5) is 0. The molecule has 1 saturated heterocycles. The Morgan fingerprint density at radius 2 is 2.31 bits per heavy atom. The van der Waals surface area contributed by atoms with Gasteiger partial charge in [0.15, 0.2) is 0 Å². The summed E-state index contributed by atoms with van der Waals surface area (Å²) >= 11 is 0. The highest BCUT2D eigenvalue weighted by atomic mass is 16.5. The number of benzene rings is 1. The molecule has 2 rings (SSSR count). The molecule has 2 N–H and O–H groups in total. The summed E-state index contributed by atoms with van der Waals surface area (Å²) < 4.78 is 11.3. The summed E-state index contributed by atoms with van der Waals surface area (Å²) in [6.45, 7) is 3.48. The van der Waals surface area contributed by atoms with Crippen molar-refractivity contribution in [3.63, 3.8) is 0 Å². The minimum Gasteiger partial charge on any atom is -0.489 e. The van der Waals surface area contributed by atoms with Crippen molar-refractivity contribution in [1.29, 1.82) is 0 Å². The van der Waals surface area contributed by atoms with Crippen molar-refractivity contribution in [1.82, 2.24) is 0 Å². The van der Waals surface area contributed by atoms with E-state index in [1.165, 1.54) is 12.8 Å². The zero-order valence-corrected chi connectivity index (χ0v) is 9.74. The lowest BCUT2D eigenvalue weighted by Crippen LogP contribution is -2.25. The van der Waals surface area contributed by atoms with E-state index in [-0.39, 0.29) is 6.10 Å². The topological polar surface area (TPSA) is 44.5 Å². The molecule has 3 heteroatoms. The fourth-order valence-electron chi connectivity index (χ4n) is 1.92. The van der Waals surface area contributed by atoms with E-state index in [2.05, 4.69) is 0 Å². The molecule has 1 aliphatic rings. The molecule has 1 atom stereocenters. The van der Waals surface area contributed by atoms with Gasteiger partial charge in [-0.15, -0.1) is 0 Å². The number of ether oxygens (including phenoxy) is 2. The molecule has 1 aliphatic heterocycles. The fraction of sp³-hybridized carbons (Fsp3) is 0.538. The number of hydrogen-bond acceptors (Lipinski definition) is 3. The van der Waals surface area contributed by atoms with Crippen LogP contribution in [-0.2, 0) is 4.74 Å². The van der Waals surface area contributed by atoms with Gasteiger partial charge in [0.2, 0.25) is 0 Å². The van der Waals surface area contributed by atoms with Gasteiger partial charge in [-0.2, -0.15) is 0 Å². The third kappa shape index (κ3) is 2.89. The lowest BCUT2D eigenvalue weighted by molar-refractivity contribution is -0.0109. The fourth-order valence-corrected chi connectivity index (χ4v) is 1.92. The first-order chi connectivity index (χ1) is 7.75. The van der Waals surface area contributed by atoms with Gasteiger partial charge in [-0.05, 0) is 43.9 Å². The molecule has 16 heavy (non-hydrogen) atoms. The Bertz CT molecular complexity index is 346. The van der Waals surface area contributed by atoms with Crippen molar-refractivity contribution in [2.45, 2.75) is 32.3 Å². The zero-order chi connectivity index (χ0) is 11.4. The average Bonchev–Trinajstić information content (AvgIpc) is 2.29. The minimum absolute atomic E-state index is 0.231. The number of nitrogen functional groups attached to an aromatic ring is 1. The van der Waals surface area contributed by atoms with Crippen LogP contribution in [0.3, 0.4) is 0 Å². The van der Waals surface area contributed by atoms with E-state index in [1.54, 1.807) is 0 Å². The first-order valence-corrected chi connectivity index (χ1v) is 5.86. The lowest BCUT2D eigenvalue weighted by Gasteiger charge is -2.23. The Hall–Kier alpha value is -1.22. The SMILES string of the molecule is Cc1ccc(OC[C@@H]2CCCCO2)c(N)c1. The first-order valence-electron chi connectivity index (χ1n) is 5.86. The summed E-state index contributed by atoms with van der Waals surface area (Å²) in [6, 6.07) is 5.86. The number of hydrogen-bond donors (Lipinski definition) is 1. The molecule has 1 aromatic rings. The smallest absolute Gasteiger partial charge is 0.142 e. The Balaban J connectivity index is 1.88. The second-order valence-electron chi connectivity index (χ2n) is 4.34. The standard InChI is InChI=1S/C13H19NO2/c1-10-5-6-13(12(14)8-10)16-9-11-4-2-3-7-15-11/h5-6,8,11H,2-4,7,9,14H2,1H3/t11-/m0/s1. The van der Waals surface area contributed by atoms with E-state index < -0.39 is 0 Å². The predicted octanol–water partition coefficient (Wildman–Crippen LogP) is 2.53. The van der Waals surface area contributed by atoms with Crippen LogP contribution < -0.4 is 10.5 Å². The second kappa shape index (κ2) is 5.21. The third-order valence-corrected chi connectivity index (χ3v) is 2.86. The molecule has 1 aromatic carbocycles. The van der Waals surface area contributed by atoms with Gasteiger partial charge in [-0.3, -0.25) is 0 Å². The molecule has 0 saturated carbocycles. The highest BCUT2D eigenvalue weighted by Crippen LogP contribution is 2.23. The summed E-state index contributed by atoms with van der Waals surface area (Å²) in [7, 11) is 0. The second-order valence-corrected chi connectivity index (χ2v) is 4.34. The first kappa shape index (κ1) is 11.3. The molecule has 1 heterocycles. The van der Waals surface area contributed by atoms with Crippen LogP contribution in [0.1, 0.15) is 24.8 Å². The van der Waals surface area contributed by atoms with E-state index in [4.69, 9.17) is 15.2 Å². The number of anilines is 1. The van der Waals surface area contributed by atoms with Crippen LogP contribution in [0.5, 0.6) is 5.75 Å². The quantitative estimate of drug-likeness (QED) is 0.798. The average molecular weight is 221 g/mol. The summed E-state index contributed by atoms with van der Waals surface area (Å²) in [6.07, 6.45) is 3.72. The molecule has 0 unspecified atom stereocenters. The lowest BCUT2D eigenvalue weighted by atomic mass is 10.1. The predicted molar refractivity (Wildman–Crippen MR) is 64.7 cm³/mol. The van der Waals surface area contributed by atoms with Crippen molar-refractivity contribution in [3.8, 4) is 5.75 Å². The number of rotatable bonds is 3. The van der Waals surface area contributed by atoms with Crippen LogP contribution in [0.25, 0.3) is 0 Å². The van der Waals surface area contributed by atoms with Gasteiger partial charge in [-0.25, -0.2) is 0 Å². The van der Waals surface area contributed by atoms with Gasteiger partial charge in [0.1, 0.15) is 12.4 Å². The van der Waals surface area contributed by atoms with Crippen molar-refractivity contribution in [3.05, 3.63) is 23.8 Å². The monoisotopic (exact) mass is 221 g/mol. The Morgan fingerprint density at radius 3 is 3.00 bits per heavy atom. The van der Waals surface area contributed by atoms with Gasteiger partial charge in [0.25, 0.3) is 0 Å². The Morgan fingerprint density at radius 1 is 1.44 bits per heavy atom. The maximum absolute atomic E-state index is 5.87. The van der Waals surface area contributed by atoms with E-state index in [0.717, 1.165) is 24.3 Å². The van der Waals surface area contributed by atoms with Crippen LogP contribution >= 0.6 is 0 Å². The highest BCUT2D eigenvalue weighted by molar-refractivity contribution is 5.53. The molecular formula is C13H19NO2.